The zero-order chi connectivity index (χ0) is 11.3. The van der Waals surface area contributed by atoms with E-state index in [1.54, 1.807) is 0 Å². The second kappa shape index (κ2) is 3.70. The number of amides is 1. The van der Waals surface area contributed by atoms with E-state index < -0.39 is 2.14 Å². The molecule has 0 saturated heterocycles. The average Bonchev–Trinajstić information content (AvgIpc) is 2.56. The lowest BCUT2D eigenvalue weighted by atomic mass is 9.86. The van der Waals surface area contributed by atoms with Crippen molar-refractivity contribution >= 4 is 53.7 Å². The summed E-state index contributed by atoms with van der Waals surface area (Å²) in [4.78, 5) is 11.9. The van der Waals surface area contributed by atoms with Crippen LogP contribution < -0.4 is 5.32 Å². The largest absolute Gasteiger partial charge is 0.348 e. The summed E-state index contributed by atoms with van der Waals surface area (Å²) in [6, 6.07) is 0. The minimum Gasteiger partial charge on any atom is -0.348 e. The van der Waals surface area contributed by atoms with Crippen molar-refractivity contribution < 1.29 is 4.79 Å². The van der Waals surface area contributed by atoms with Crippen LogP contribution in [0.25, 0.3) is 0 Å². The van der Waals surface area contributed by atoms with Crippen molar-refractivity contribution in [2.45, 2.75) is 46.7 Å². The van der Waals surface area contributed by atoms with Gasteiger partial charge in [-0.3, -0.25) is 4.79 Å². The molecule has 2 rings (SSSR count). The van der Waals surface area contributed by atoms with Crippen molar-refractivity contribution in [3.63, 3.8) is 0 Å². The second-order valence-corrected chi connectivity index (χ2v) is 12.0. The average molecular weight is 404 g/mol. The molecule has 0 aromatic heterocycles. The van der Waals surface area contributed by atoms with Gasteiger partial charge < -0.3 is 5.32 Å². The van der Waals surface area contributed by atoms with E-state index >= 15 is 0 Å². The Morgan fingerprint density at radius 1 is 1.20 bits per heavy atom. The zero-order valence-corrected chi connectivity index (χ0v) is 13.3. The number of hydrogen-bond acceptors (Lipinski definition) is 1. The van der Waals surface area contributed by atoms with Crippen LogP contribution in [-0.4, -0.2) is 13.6 Å². The van der Waals surface area contributed by atoms with Crippen LogP contribution in [0.2, 0.25) is 0 Å². The standard InChI is InChI=1S/C10H14Br3NO/c1-8-2-4-9(6-8,5-3-8)14-7(15)10(11,12)13/h2-6H2,1H3,(H,14,15). The third-order valence-electron chi connectivity index (χ3n) is 3.82. The van der Waals surface area contributed by atoms with Crippen LogP contribution in [0.3, 0.4) is 0 Å². The van der Waals surface area contributed by atoms with Gasteiger partial charge in [0.05, 0.1) is 0 Å². The summed E-state index contributed by atoms with van der Waals surface area (Å²) < 4.78 is -0.816. The summed E-state index contributed by atoms with van der Waals surface area (Å²) in [5, 5.41) is 3.17. The van der Waals surface area contributed by atoms with Gasteiger partial charge in [0.2, 0.25) is 2.14 Å². The maximum absolute atomic E-state index is 11.9. The Morgan fingerprint density at radius 3 is 2.07 bits per heavy atom. The minimum absolute atomic E-state index is 0.0337. The van der Waals surface area contributed by atoms with Gasteiger partial charge in [0.15, 0.2) is 0 Å². The fraction of sp³-hybridized carbons (Fsp3) is 0.900. The van der Waals surface area contributed by atoms with Gasteiger partial charge in [0.25, 0.3) is 5.91 Å². The fourth-order valence-electron chi connectivity index (χ4n) is 2.98. The summed E-state index contributed by atoms with van der Waals surface area (Å²) >= 11 is 9.76. The molecule has 0 radical (unpaired) electrons. The number of rotatable bonds is 1. The lowest BCUT2D eigenvalue weighted by Crippen LogP contribution is -2.49. The molecule has 2 saturated carbocycles. The normalized spacial score (nSPS) is 39.5. The van der Waals surface area contributed by atoms with Crippen molar-refractivity contribution in [1.82, 2.24) is 5.32 Å². The molecule has 2 nitrogen and oxygen atoms in total. The van der Waals surface area contributed by atoms with Crippen LogP contribution >= 0.6 is 47.8 Å². The summed E-state index contributed by atoms with van der Waals surface area (Å²) in [6.07, 6.45) is 5.87. The Balaban J connectivity index is 2.05. The molecule has 0 heterocycles. The van der Waals surface area contributed by atoms with Gasteiger partial charge in [-0.25, -0.2) is 0 Å². The number of halogens is 3. The smallest absolute Gasteiger partial charge is 0.259 e. The van der Waals surface area contributed by atoms with Crippen molar-refractivity contribution in [3.05, 3.63) is 0 Å². The van der Waals surface area contributed by atoms with E-state index in [4.69, 9.17) is 0 Å². The number of fused-ring (bicyclic) bond motifs is 2. The third kappa shape index (κ3) is 2.44. The fourth-order valence-corrected chi connectivity index (χ4v) is 3.28. The van der Waals surface area contributed by atoms with Crippen LogP contribution in [0.15, 0.2) is 0 Å². The molecule has 0 atom stereocenters. The molecule has 0 unspecified atom stereocenters. The maximum atomic E-state index is 11.9. The van der Waals surface area contributed by atoms with Crippen LogP contribution in [-0.2, 0) is 4.79 Å². The Hall–Kier alpha value is 0.910. The molecule has 2 aliphatic carbocycles. The quantitative estimate of drug-likeness (QED) is 0.665. The highest BCUT2D eigenvalue weighted by molar-refractivity contribution is 9.40. The third-order valence-corrected chi connectivity index (χ3v) is 4.90. The molecule has 1 N–H and O–H groups in total. The highest BCUT2D eigenvalue weighted by atomic mass is 80.0. The number of nitrogens with one attached hydrogen (secondary N) is 1. The van der Waals surface area contributed by atoms with Crippen LogP contribution in [0, 0.1) is 5.41 Å². The Morgan fingerprint density at radius 2 is 1.73 bits per heavy atom. The number of hydrogen-bond donors (Lipinski definition) is 1. The van der Waals surface area contributed by atoms with Crippen molar-refractivity contribution in [2.24, 2.45) is 5.41 Å². The molecule has 2 aliphatic rings. The van der Waals surface area contributed by atoms with Gasteiger partial charge in [-0.15, -0.1) is 0 Å². The summed E-state index contributed by atoms with van der Waals surface area (Å²) in [5.41, 5.74) is 0.535. The van der Waals surface area contributed by atoms with Crippen molar-refractivity contribution in [3.8, 4) is 0 Å². The molecular formula is C10H14Br3NO. The SMILES string of the molecule is CC12CCC(NC(=O)C(Br)(Br)Br)(CC1)C2. The predicted molar refractivity (Wildman–Crippen MR) is 71.6 cm³/mol. The Bertz CT molecular complexity index is 290. The Labute approximate surface area is 115 Å². The monoisotopic (exact) mass is 401 g/mol. The van der Waals surface area contributed by atoms with E-state index in [0.717, 1.165) is 19.3 Å². The molecule has 1 amide bonds. The van der Waals surface area contributed by atoms with Crippen molar-refractivity contribution in [1.29, 1.82) is 0 Å². The van der Waals surface area contributed by atoms with Gasteiger partial charge >= 0.3 is 0 Å². The van der Waals surface area contributed by atoms with Gasteiger partial charge in [0, 0.05) is 5.54 Å². The van der Waals surface area contributed by atoms with Gasteiger partial charge in [-0.1, -0.05) is 6.92 Å². The van der Waals surface area contributed by atoms with E-state index in [9.17, 15) is 4.79 Å². The maximum Gasteiger partial charge on any atom is 0.259 e. The van der Waals surface area contributed by atoms with Crippen molar-refractivity contribution in [2.75, 3.05) is 0 Å². The molecule has 0 aliphatic heterocycles. The molecule has 15 heavy (non-hydrogen) atoms. The number of carbonyl (C=O) groups is 1. The van der Waals surface area contributed by atoms with Gasteiger partial charge in [-0.05, 0) is 85.3 Å². The molecule has 5 heteroatoms. The van der Waals surface area contributed by atoms with Gasteiger partial charge in [-0.2, -0.15) is 0 Å². The zero-order valence-electron chi connectivity index (χ0n) is 8.58. The molecular weight excluding hydrogens is 390 g/mol. The predicted octanol–water partition coefficient (Wildman–Crippen LogP) is 3.66. The first kappa shape index (κ1) is 12.4. The van der Waals surface area contributed by atoms with E-state index in [1.165, 1.54) is 12.8 Å². The molecule has 0 spiro atoms. The summed E-state index contributed by atoms with van der Waals surface area (Å²) in [5.74, 6) is -0.0337. The van der Waals surface area contributed by atoms with Gasteiger partial charge in [0.1, 0.15) is 0 Å². The van der Waals surface area contributed by atoms with E-state index in [0.29, 0.717) is 5.41 Å². The first-order valence-electron chi connectivity index (χ1n) is 5.14. The van der Waals surface area contributed by atoms with E-state index in [2.05, 4.69) is 60.0 Å². The number of carbonyl (C=O) groups excluding carboxylic acids is 1. The molecule has 2 bridgehead atoms. The highest BCUT2D eigenvalue weighted by Crippen LogP contribution is 2.56. The molecule has 0 aromatic carbocycles. The minimum atomic E-state index is -0.816. The first-order chi connectivity index (χ1) is 6.75. The lowest BCUT2D eigenvalue weighted by molar-refractivity contribution is -0.121. The summed E-state index contributed by atoms with van der Waals surface area (Å²) in [6.45, 7) is 2.33. The number of alkyl halides is 3. The first-order valence-corrected chi connectivity index (χ1v) is 7.52. The molecule has 2 fully saturated rings. The van der Waals surface area contributed by atoms with E-state index in [-0.39, 0.29) is 11.4 Å². The van der Waals surface area contributed by atoms with Crippen LogP contribution in [0.4, 0.5) is 0 Å². The molecule has 86 valence electrons. The topological polar surface area (TPSA) is 29.1 Å². The van der Waals surface area contributed by atoms with Crippen LogP contribution in [0.5, 0.6) is 0 Å². The lowest BCUT2D eigenvalue weighted by Gasteiger charge is -2.30. The second-order valence-electron chi connectivity index (χ2n) is 5.22. The highest BCUT2D eigenvalue weighted by Gasteiger charge is 2.53. The Kier molecular flexibility index (Phi) is 3.05. The summed E-state index contributed by atoms with van der Waals surface area (Å²) in [7, 11) is 0. The van der Waals surface area contributed by atoms with Crippen LogP contribution in [0.1, 0.15) is 39.0 Å². The van der Waals surface area contributed by atoms with E-state index in [1.807, 2.05) is 0 Å². The molecule has 0 aromatic rings.